The van der Waals surface area contributed by atoms with Crippen LogP contribution in [0, 0.1) is 17.7 Å². The fraction of sp³-hybridized carbons (Fsp3) is 0.278. The van der Waals surface area contributed by atoms with Gasteiger partial charge in [0.2, 0.25) is 0 Å². The first-order valence-corrected chi connectivity index (χ1v) is 8.01. The molecule has 1 aliphatic rings. The normalized spacial score (nSPS) is 25.2. The third-order valence-corrected chi connectivity index (χ3v) is 4.28. The van der Waals surface area contributed by atoms with Crippen LogP contribution in [0.5, 0.6) is 0 Å². The SMILES string of the molecule is C[C@H]1O[C@@H](n2cnc3c(C#Cc4ccc(F)cc4)ncnc32)[C@H](O)[C@@H]1O. The summed E-state index contributed by atoms with van der Waals surface area (Å²) >= 11 is 0. The van der Waals surface area contributed by atoms with Crippen molar-refractivity contribution in [1.82, 2.24) is 19.5 Å². The Bertz CT molecular complexity index is 1010. The second-order valence-electron chi connectivity index (χ2n) is 6.02. The second-order valence-corrected chi connectivity index (χ2v) is 6.02. The molecule has 1 aromatic carbocycles. The Balaban J connectivity index is 1.71. The molecule has 4 rings (SSSR count). The van der Waals surface area contributed by atoms with Crippen molar-refractivity contribution < 1.29 is 19.3 Å². The van der Waals surface area contributed by atoms with Gasteiger partial charge in [0.25, 0.3) is 0 Å². The monoisotopic (exact) mass is 354 g/mol. The predicted octanol–water partition coefficient (Wildman–Crippen LogP) is 1.00. The number of benzene rings is 1. The minimum absolute atomic E-state index is 0.328. The molecule has 0 radical (unpaired) electrons. The molecule has 0 amide bonds. The van der Waals surface area contributed by atoms with Crippen LogP contribution in [0.1, 0.15) is 24.4 Å². The maximum absolute atomic E-state index is 13.0. The molecule has 0 aliphatic carbocycles. The van der Waals surface area contributed by atoms with Crippen molar-refractivity contribution in [2.75, 3.05) is 0 Å². The molecule has 8 heteroatoms. The van der Waals surface area contributed by atoms with E-state index in [-0.39, 0.29) is 5.82 Å². The van der Waals surface area contributed by atoms with E-state index in [1.165, 1.54) is 24.8 Å². The molecular formula is C18H15FN4O3. The van der Waals surface area contributed by atoms with E-state index in [4.69, 9.17) is 4.74 Å². The zero-order chi connectivity index (χ0) is 18.3. The van der Waals surface area contributed by atoms with E-state index in [1.807, 2.05) is 0 Å². The Labute approximate surface area is 148 Å². The van der Waals surface area contributed by atoms with Gasteiger partial charge >= 0.3 is 0 Å². The maximum atomic E-state index is 13.0. The molecule has 0 spiro atoms. The van der Waals surface area contributed by atoms with E-state index in [0.29, 0.717) is 22.4 Å². The molecule has 0 unspecified atom stereocenters. The van der Waals surface area contributed by atoms with Gasteiger partial charge in [-0.2, -0.15) is 0 Å². The van der Waals surface area contributed by atoms with Crippen LogP contribution < -0.4 is 0 Å². The largest absolute Gasteiger partial charge is 0.388 e. The summed E-state index contributed by atoms with van der Waals surface area (Å²) < 4.78 is 20.1. The number of imidazole rings is 1. The number of hydrogen-bond acceptors (Lipinski definition) is 6. The predicted molar refractivity (Wildman–Crippen MR) is 89.3 cm³/mol. The van der Waals surface area contributed by atoms with Crippen LogP contribution in [0.25, 0.3) is 11.2 Å². The van der Waals surface area contributed by atoms with Gasteiger partial charge in [-0.25, -0.2) is 19.3 Å². The van der Waals surface area contributed by atoms with Gasteiger partial charge in [0, 0.05) is 5.56 Å². The number of halogens is 1. The van der Waals surface area contributed by atoms with Crippen molar-refractivity contribution in [1.29, 1.82) is 0 Å². The van der Waals surface area contributed by atoms with Crippen molar-refractivity contribution in [3.63, 3.8) is 0 Å². The maximum Gasteiger partial charge on any atom is 0.166 e. The molecule has 2 N–H and O–H groups in total. The van der Waals surface area contributed by atoms with Gasteiger partial charge < -0.3 is 14.9 Å². The quantitative estimate of drug-likeness (QED) is 0.634. The Morgan fingerprint density at radius 1 is 1.08 bits per heavy atom. The van der Waals surface area contributed by atoms with E-state index < -0.39 is 24.5 Å². The first-order valence-electron chi connectivity index (χ1n) is 8.01. The van der Waals surface area contributed by atoms with E-state index >= 15 is 0 Å². The van der Waals surface area contributed by atoms with Crippen LogP contribution in [0.2, 0.25) is 0 Å². The zero-order valence-corrected chi connectivity index (χ0v) is 13.7. The lowest BCUT2D eigenvalue weighted by molar-refractivity contribution is -0.0299. The van der Waals surface area contributed by atoms with Gasteiger partial charge in [0.1, 0.15) is 35.6 Å². The lowest BCUT2D eigenvalue weighted by Crippen LogP contribution is -2.30. The van der Waals surface area contributed by atoms with E-state index in [2.05, 4.69) is 26.8 Å². The molecule has 3 aromatic rings. The number of rotatable bonds is 1. The molecule has 0 bridgehead atoms. The molecule has 4 atom stereocenters. The van der Waals surface area contributed by atoms with Crippen molar-refractivity contribution in [2.45, 2.75) is 31.5 Å². The summed E-state index contributed by atoms with van der Waals surface area (Å²) in [6.45, 7) is 1.68. The second kappa shape index (κ2) is 6.46. The van der Waals surface area contributed by atoms with Gasteiger partial charge in [-0.3, -0.25) is 4.57 Å². The topological polar surface area (TPSA) is 93.3 Å². The van der Waals surface area contributed by atoms with Gasteiger partial charge in [0.05, 0.1) is 12.4 Å². The molecule has 0 saturated carbocycles. The summed E-state index contributed by atoms with van der Waals surface area (Å²) in [6.07, 6.45) is -0.565. The molecule has 2 aromatic heterocycles. The fourth-order valence-electron chi connectivity index (χ4n) is 2.85. The van der Waals surface area contributed by atoms with E-state index in [9.17, 15) is 14.6 Å². The minimum atomic E-state index is -1.09. The summed E-state index contributed by atoms with van der Waals surface area (Å²) in [5.74, 6) is 5.48. The molecule has 3 heterocycles. The number of hydrogen-bond donors (Lipinski definition) is 2. The van der Waals surface area contributed by atoms with Gasteiger partial charge in [-0.15, -0.1) is 0 Å². The third kappa shape index (κ3) is 2.82. The summed E-state index contributed by atoms with van der Waals surface area (Å²) in [7, 11) is 0. The molecule has 1 aliphatic heterocycles. The van der Waals surface area contributed by atoms with E-state index in [0.717, 1.165) is 0 Å². The van der Waals surface area contributed by atoms with Crippen LogP contribution in [-0.4, -0.2) is 48.0 Å². The van der Waals surface area contributed by atoms with Crippen LogP contribution >= 0.6 is 0 Å². The lowest BCUT2D eigenvalue weighted by Gasteiger charge is -2.16. The number of ether oxygens (including phenoxy) is 1. The Morgan fingerprint density at radius 3 is 2.54 bits per heavy atom. The smallest absolute Gasteiger partial charge is 0.166 e. The van der Waals surface area contributed by atoms with Crippen molar-refractivity contribution >= 4 is 11.2 Å². The summed E-state index contributed by atoms with van der Waals surface area (Å²) in [5, 5.41) is 20.1. The highest BCUT2D eigenvalue weighted by Crippen LogP contribution is 2.31. The van der Waals surface area contributed by atoms with Gasteiger partial charge in [0.15, 0.2) is 11.9 Å². The molecule has 26 heavy (non-hydrogen) atoms. The van der Waals surface area contributed by atoms with Crippen LogP contribution in [0.4, 0.5) is 4.39 Å². The fourth-order valence-corrected chi connectivity index (χ4v) is 2.85. The summed E-state index contributed by atoms with van der Waals surface area (Å²) in [4.78, 5) is 12.6. The van der Waals surface area contributed by atoms with Crippen molar-refractivity contribution in [3.8, 4) is 11.8 Å². The molecule has 1 fully saturated rings. The Morgan fingerprint density at radius 2 is 1.85 bits per heavy atom. The summed E-state index contributed by atoms with van der Waals surface area (Å²) in [5.41, 5.74) is 1.93. The molecule has 1 saturated heterocycles. The number of nitrogens with zero attached hydrogens (tertiary/aromatic N) is 4. The number of aromatic nitrogens is 4. The highest BCUT2D eigenvalue weighted by molar-refractivity contribution is 5.76. The molecule has 7 nitrogen and oxygen atoms in total. The number of fused-ring (bicyclic) bond motifs is 1. The minimum Gasteiger partial charge on any atom is -0.388 e. The highest BCUT2D eigenvalue weighted by Gasteiger charge is 2.42. The van der Waals surface area contributed by atoms with Crippen molar-refractivity contribution in [2.24, 2.45) is 0 Å². The Kier molecular flexibility index (Phi) is 4.12. The molecule has 132 valence electrons. The first kappa shape index (κ1) is 16.6. The van der Waals surface area contributed by atoms with Gasteiger partial charge in [-0.1, -0.05) is 5.92 Å². The average molecular weight is 354 g/mol. The third-order valence-electron chi connectivity index (χ3n) is 4.28. The van der Waals surface area contributed by atoms with E-state index in [1.54, 1.807) is 23.6 Å². The highest BCUT2D eigenvalue weighted by atomic mass is 19.1. The van der Waals surface area contributed by atoms with Gasteiger partial charge in [-0.05, 0) is 37.1 Å². The first-order chi connectivity index (χ1) is 12.5. The standard InChI is InChI=1S/C18H15FN4O3/c1-10-15(24)16(25)18(26-10)23-9-22-14-13(20-8-21-17(14)23)7-4-11-2-5-12(19)6-3-11/h2-3,5-6,8-10,15-16,18,24-25H,1H3/t10-,15-,16-,18-/m1/s1. The Hall–Kier alpha value is -2.86. The van der Waals surface area contributed by atoms with Crippen molar-refractivity contribution in [3.05, 3.63) is 54.0 Å². The average Bonchev–Trinajstić information content (AvgIpc) is 3.18. The van der Waals surface area contributed by atoms with Crippen LogP contribution in [0.3, 0.4) is 0 Å². The number of aliphatic hydroxyl groups excluding tert-OH is 2. The van der Waals surface area contributed by atoms with Crippen LogP contribution in [-0.2, 0) is 4.74 Å². The zero-order valence-electron chi connectivity index (χ0n) is 13.7. The lowest BCUT2D eigenvalue weighted by atomic mass is 10.1. The number of aliphatic hydroxyl groups is 2. The summed E-state index contributed by atoms with van der Waals surface area (Å²) in [6, 6.07) is 5.81. The van der Waals surface area contributed by atoms with Crippen LogP contribution in [0.15, 0.2) is 36.9 Å². The molecular weight excluding hydrogens is 339 g/mol.